The summed E-state index contributed by atoms with van der Waals surface area (Å²) in [6.45, 7) is 4.24. The van der Waals surface area contributed by atoms with Crippen LogP contribution in [0.3, 0.4) is 0 Å². The van der Waals surface area contributed by atoms with E-state index >= 15 is 0 Å². The summed E-state index contributed by atoms with van der Waals surface area (Å²) in [4.78, 5) is 13.1. The van der Waals surface area contributed by atoms with E-state index in [4.69, 9.17) is 0 Å². The van der Waals surface area contributed by atoms with E-state index in [1.54, 1.807) is 6.07 Å². The van der Waals surface area contributed by atoms with Gasteiger partial charge < -0.3 is 10.2 Å². The van der Waals surface area contributed by atoms with E-state index in [-0.39, 0.29) is 16.6 Å². The molecule has 9 heteroatoms. The number of nitrogens with one attached hydrogen (secondary N) is 1. The number of sulfonamides is 1. The Hall–Kier alpha value is -1.71. The van der Waals surface area contributed by atoms with Crippen molar-refractivity contribution in [3.05, 3.63) is 28.3 Å². The zero-order chi connectivity index (χ0) is 19.6. The number of likely N-dealkylation sites (N-methyl/N-ethyl adjacent to an activating group) is 1. The monoisotopic (exact) mass is 396 g/mol. The Morgan fingerprint density at radius 3 is 2.44 bits per heavy atom. The second kappa shape index (κ2) is 8.12. The quantitative estimate of drug-likeness (QED) is 0.607. The highest BCUT2D eigenvalue weighted by atomic mass is 32.2. The summed E-state index contributed by atoms with van der Waals surface area (Å²) >= 11 is 0. The van der Waals surface area contributed by atoms with E-state index in [0.717, 1.165) is 19.3 Å². The minimum Gasteiger partial charge on any atom is -0.376 e. The predicted molar refractivity (Wildman–Crippen MR) is 104 cm³/mol. The van der Waals surface area contributed by atoms with Crippen LogP contribution >= 0.6 is 0 Å². The van der Waals surface area contributed by atoms with Crippen molar-refractivity contribution in [3.63, 3.8) is 0 Å². The molecule has 2 fully saturated rings. The van der Waals surface area contributed by atoms with Crippen LogP contribution in [0.25, 0.3) is 0 Å². The Bertz CT molecular complexity index is 791. The lowest BCUT2D eigenvalue weighted by molar-refractivity contribution is -0.384. The number of nitro benzene ring substituents is 1. The lowest BCUT2D eigenvalue weighted by Crippen LogP contribution is -2.47. The number of hydrogen-bond acceptors (Lipinski definition) is 6. The van der Waals surface area contributed by atoms with Crippen LogP contribution in [0.2, 0.25) is 0 Å². The Kier molecular flexibility index (Phi) is 6.02. The zero-order valence-electron chi connectivity index (χ0n) is 15.9. The number of benzene rings is 1. The van der Waals surface area contributed by atoms with Crippen LogP contribution in [0.1, 0.15) is 32.6 Å². The lowest BCUT2D eigenvalue weighted by Gasteiger charge is -2.32. The molecule has 1 aromatic rings. The molecule has 1 saturated carbocycles. The highest BCUT2D eigenvalue weighted by molar-refractivity contribution is 7.89. The highest BCUT2D eigenvalue weighted by Gasteiger charge is 2.30. The fourth-order valence-electron chi connectivity index (χ4n) is 3.85. The molecule has 1 N–H and O–H groups in total. The highest BCUT2D eigenvalue weighted by Crippen LogP contribution is 2.33. The van der Waals surface area contributed by atoms with Gasteiger partial charge in [0.1, 0.15) is 5.69 Å². The average Bonchev–Trinajstić information content (AvgIpc) is 2.64. The maximum atomic E-state index is 12.9. The Morgan fingerprint density at radius 2 is 1.81 bits per heavy atom. The van der Waals surface area contributed by atoms with Crippen molar-refractivity contribution in [1.29, 1.82) is 0 Å². The second-order valence-electron chi connectivity index (χ2n) is 7.66. The van der Waals surface area contributed by atoms with E-state index in [1.165, 1.54) is 22.9 Å². The zero-order valence-corrected chi connectivity index (χ0v) is 16.7. The van der Waals surface area contributed by atoms with Gasteiger partial charge in [-0.25, -0.2) is 8.42 Å². The summed E-state index contributed by atoms with van der Waals surface area (Å²) in [5.74, 6) is 0.437. The van der Waals surface area contributed by atoms with Gasteiger partial charge in [-0.1, -0.05) is 19.8 Å². The summed E-state index contributed by atoms with van der Waals surface area (Å²) in [5.41, 5.74) is 0.221. The Labute approximate surface area is 160 Å². The van der Waals surface area contributed by atoms with E-state index in [1.807, 2.05) is 7.05 Å². The number of rotatable bonds is 5. The van der Waals surface area contributed by atoms with Gasteiger partial charge in [0.2, 0.25) is 10.0 Å². The molecule has 3 rings (SSSR count). The fraction of sp³-hybridized carbons (Fsp3) is 0.667. The van der Waals surface area contributed by atoms with Gasteiger partial charge in [0.05, 0.1) is 9.82 Å². The normalized spacial score (nSPS) is 25.3. The largest absolute Gasteiger partial charge is 0.376 e. The molecule has 0 unspecified atom stereocenters. The first-order chi connectivity index (χ1) is 12.8. The van der Waals surface area contributed by atoms with Gasteiger partial charge in [-0.3, -0.25) is 10.1 Å². The summed E-state index contributed by atoms with van der Waals surface area (Å²) < 4.78 is 27.2. The molecule has 0 spiro atoms. The Balaban J connectivity index is 1.86. The molecule has 1 aliphatic heterocycles. The van der Waals surface area contributed by atoms with Crippen LogP contribution < -0.4 is 5.32 Å². The van der Waals surface area contributed by atoms with Crippen molar-refractivity contribution >= 4 is 21.4 Å². The lowest BCUT2D eigenvalue weighted by atomic mass is 9.86. The molecule has 0 radical (unpaired) electrons. The van der Waals surface area contributed by atoms with Crippen LogP contribution in [0.5, 0.6) is 0 Å². The molecule has 150 valence electrons. The summed E-state index contributed by atoms with van der Waals surface area (Å²) in [6, 6.07) is 4.40. The first kappa shape index (κ1) is 20.0. The van der Waals surface area contributed by atoms with Crippen molar-refractivity contribution in [3.8, 4) is 0 Å². The van der Waals surface area contributed by atoms with Crippen LogP contribution in [0.15, 0.2) is 23.1 Å². The maximum absolute atomic E-state index is 12.9. The van der Waals surface area contributed by atoms with Gasteiger partial charge in [0.25, 0.3) is 5.69 Å². The van der Waals surface area contributed by atoms with Crippen molar-refractivity contribution < 1.29 is 13.3 Å². The van der Waals surface area contributed by atoms with E-state index in [0.29, 0.717) is 37.8 Å². The summed E-state index contributed by atoms with van der Waals surface area (Å²) in [6.07, 6.45) is 4.36. The van der Waals surface area contributed by atoms with Crippen molar-refractivity contribution in [1.82, 2.24) is 9.21 Å². The number of hydrogen-bond donors (Lipinski definition) is 1. The van der Waals surface area contributed by atoms with Gasteiger partial charge in [0.15, 0.2) is 0 Å². The van der Waals surface area contributed by atoms with Gasteiger partial charge in [-0.15, -0.1) is 0 Å². The van der Waals surface area contributed by atoms with Crippen LogP contribution in [0, 0.1) is 16.0 Å². The first-order valence-corrected chi connectivity index (χ1v) is 11.0. The smallest absolute Gasteiger partial charge is 0.293 e. The third-order valence-electron chi connectivity index (χ3n) is 5.72. The number of anilines is 1. The molecule has 0 aromatic heterocycles. The average molecular weight is 397 g/mol. The first-order valence-electron chi connectivity index (χ1n) is 9.52. The van der Waals surface area contributed by atoms with Gasteiger partial charge in [0, 0.05) is 38.3 Å². The number of nitrogens with zero attached hydrogens (tertiary/aromatic N) is 3. The van der Waals surface area contributed by atoms with Crippen molar-refractivity contribution in [2.75, 3.05) is 38.5 Å². The van der Waals surface area contributed by atoms with Gasteiger partial charge in [-0.2, -0.15) is 4.31 Å². The van der Waals surface area contributed by atoms with Crippen molar-refractivity contribution in [2.24, 2.45) is 5.92 Å². The molecule has 0 amide bonds. The van der Waals surface area contributed by atoms with Crippen LogP contribution in [0.4, 0.5) is 11.4 Å². The molecule has 8 nitrogen and oxygen atoms in total. The van der Waals surface area contributed by atoms with Crippen LogP contribution in [-0.2, 0) is 10.0 Å². The van der Waals surface area contributed by atoms with Crippen molar-refractivity contribution in [2.45, 2.75) is 43.5 Å². The molecular weight excluding hydrogens is 368 g/mol. The number of nitro groups is 1. The third-order valence-corrected chi connectivity index (χ3v) is 7.61. The van der Waals surface area contributed by atoms with Gasteiger partial charge >= 0.3 is 0 Å². The van der Waals surface area contributed by atoms with Gasteiger partial charge in [-0.05, 0) is 37.9 Å². The van der Waals surface area contributed by atoms with E-state index in [9.17, 15) is 18.5 Å². The molecule has 1 heterocycles. The standard InChI is InChI=1S/C18H28N4O4S/c1-14-5-3-4-6-16(14)19-17-8-7-15(13-18(17)22(23)24)27(25,26)21-11-9-20(2)10-12-21/h7-8,13-14,16,19H,3-6,9-12H2,1-2H3/t14-,16+/m0/s1. The topological polar surface area (TPSA) is 95.8 Å². The molecule has 0 bridgehead atoms. The molecule has 27 heavy (non-hydrogen) atoms. The minimum absolute atomic E-state index is 0.0130. The summed E-state index contributed by atoms with van der Waals surface area (Å²) in [7, 11) is -1.78. The van der Waals surface area contributed by atoms with Crippen LogP contribution in [-0.4, -0.2) is 61.8 Å². The molecule has 1 aliphatic carbocycles. The molecule has 1 aromatic carbocycles. The molecule has 2 atom stereocenters. The number of piperazine rings is 1. The van der Waals surface area contributed by atoms with E-state index < -0.39 is 14.9 Å². The fourth-order valence-corrected chi connectivity index (χ4v) is 5.30. The third kappa shape index (κ3) is 4.41. The SMILES string of the molecule is C[C@H]1CCCC[C@H]1Nc1ccc(S(=O)(=O)N2CCN(C)CC2)cc1[N+](=O)[O-]. The minimum atomic E-state index is -3.73. The van der Waals surface area contributed by atoms with E-state index in [2.05, 4.69) is 17.1 Å². The maximum Gasteiger partial charge on any atom is 0.293 e. The molecule has 1 saturated heterocycles. The predicted octanol–water partition coefficient (Wildman–Crippen LogP) is 2.52. The molecule has 2 aliphatic rings. The second-order valence-corrected chi connectivity index (χ2v) is 9.59. The summed E-state index contributed by atoms with van der Waals surface area (Å²) in [5, 5.41) is 14.9. The Morgan fingerprint density at radius 1 is 1.15 bits per heavy atom. The molecular formula is C18H28N4O4S.